The Labute approximate surface area is 181 Å². The number of cyclic esters (lactones) is 1. The number of benzene rings is 1. The van der Waals surface area contributed by atoms with Gasteiger partial charge in [-0.1, -0.05) is 19.1 Å². The molecule has 0 fully saturated rings. The lowest BCUT2D eigenvalue weighted by molar-refractivity contribution is -0.133. The Hall–Kier alpha value is -2.84. The van der Waals surface area contributed by atoms with Crippen LogP contribution in [0.15, 0.2) is 30.0 Å². The number of ether oxygens (including phenoxy) is 1. The van der Waals surface area contributed by atoms with Crippen LogP contribution in [0.5, 0.6) is 5.75 Å². The van der Waals surface area contributed by atoms with E-state index in [0.29, 0.717) is 17.7 Å². The minimum atomic E-state index is -1.50. The number of hydrogen-bond acceptors (Lipinski definition) is 8. The highest BCUT2D eigenvalue weighted by atomic mass is 16.5. The average Bonchev–Trinajstić information content (AvgIpc) is 2.73. The number of carbonyl (C=O) groups excluding carboxylic acids is 2. The first-order valence-electron chi connectivity index (χ1n) is 10.3. The fourth-order valence-corrected chi connectivity index (χ4v) is 3.17. The highest BCUT2D eigenvalue weighted by molar-refractivity contribution is 5.97. The van der Waals surface area contributed by atoms with Crippen molar-refractivity contribution in [2.75, 3.05) is 11.9 Å². The van der Waals surface area contributed by atoms with E-state index in [1.54, 1.807) is 19.9 Å². The van der Waals surface area contributed by atoms with Crippen LogP contribution in [0.1, 0.15) is 56.0 Å². The molecule has 1 aliphatic rings. The van der Waals surface area contributed by atoms with Gasteiger partial charge in [0, 0.05) is 18.2 Å². The molecule has 1 aromatic rings. The number of nitrogens with one attached hydrogen (secondary N) is 1. The maximum absolute atomic E-state index is 12.8. The van der Waals surface area contributed by atoms with Crippen LogP contribution in [-0.2, 0) is 9.53 Å². The van der Waals surface area contributed by atoms with Gasteiger partial charge in [0.1, 0.15) is 29.3 Å². The van der Waals surface area contributed by atoms with E-state index < -0.39 is 30.1 Å². The van der Waals surface area contributed by atoms with Crippen LogP contribution in [0.4, 0.5) is 5.69 Å². The van der Waals surface area contributed by atoms with Gasteiger partial charge in [0.05, 0.1) is 12.6 Å². The Kier molecular flexibility index (Phi) is 8.65. The monoisotopic (exact) mass is 433 g/mol. The first-order valence-corrected chi connectivity index (χ1v) is 10.3. The molecule has 0 spiro atoms. The van der Waals surface area contributed by atoms with Crippen LogP contribution in [-0.4, -0.2) is 57.0 Å². The molecule has 0 aromatic heterocycles. The number of fused-ring (bicyclic) bond motifs is 1. The molecule has 1 unspecified atom stereocenters. The quantitative estimate of drug-likeness (QED) is 0.363. The number of aromatic hydroxyl groups is 1. The highest BCUT2D eigenvalue weighted by Crippen LogP contribution is 2.30. The third kappa shape index (κ3) is 6.57. The number of anilines is 1. The summed E-state index contributed by atoms with van der Waals surface area (Å²) in [6.45, 7) is 5.33. The second kappa shape index (κ2) is 11.0. The Morgan fingerprint density at radius 2 is 1.97 bits per heavy atom. The number of aliphatic hydroxyl groups excluding tert-OH is 3. The van der Waals surface area contributed by atoms with Gasteiger partial charge in [-0.25, -0.2) is 4.79 Å². The van der Waals surface area contributed by atoms with Crippen molar-refractivity contribution >= 4 is 23.5 Å². The van der Waals surface area contributed by atoms with Crippen LogP contribution in [0.25, 0.3) is 6.08 Å². The SMILES string of the molecule is C/C=C(\O)CNc1cc(O)c2c(c1)/C=C/C[C@H](O)C(O)C(=O)CC[C@@H](C)[C@H](C)OC2=O. The minimum Gasteiger partial charge on any atom is -0.511 e. The lowest BCUT2D eigenvalue weighted by Crippen LogP contribution is -2.34. The van der Waals surface area contributed by atoms with Crippen molar-refractivity contribution in [3.8, 4) is 5.75 Å². The first-order chi connectivity index (χ1) is 14.6. The highest BCUT2D eigenvalue weighted by Gasteiger charge is 2.27. The standard InChI is InChI=1S/C23H31NO7/c1-4-17(25)12-24-16-10-15-6-5-7-18(26)22(29)19(27)9-8-13(2)14(3)31-23(30)21(15)20(28)11-16/h4-6,10-11,13-14,18,22,24-26,28-29H,7-9,12H2,1-3H3/b6-5+,17-4-/t13-,14+,18+,22?/m1/s1. The molecule has 1 aliphatic heterocycles. The number of hydrogen-bond donors (Lipinski definition) is 5. The van der Waals surface area contributed by atoms with Gasteiger partial charge in [-0.05, 0) is 50.3 Å². The topological polar surface area (TPSA) is 136 Å². The zero-order valence-corrected chi connectivity index (χ0v) is 18.0. The van der Waals surface area contributed by atoms with Gasteiger partial charge in [0.25, 0.3) is 0 Å². The summed E-state index contributed by atoms with van der Waals surface area (Å²) in [6, 6.07) is 2.97. The van der Waals surface area contributed by atoms with E-state index in [0.717, 1.165) is 0 Å². The van der Waals surface area contributed by atoms with Crippen molar-refractivity contribution in [3.63, 3.8) is 0 Å². The number of Topliss-reactive ketones (excluding diaryl/α,β-unsaturated/α-hetero) is 1. The Balaban J connectivity index is 2.44. The van der Waals surface area contributed by atoms with Crippen LogP contribution in [0.3, 0.4) is 0 Å². The Morgan fingerprint density at radius 1 is 1.26 bits per heavy atom. The molecule has 1 aromatic carbocycles. The molecule has 2 rings (SSSR count). The van der Waals surface area contributed by atoms with Gasteiger partial charge in [0.15, 0.2) is 5.78 Å². The molecule has 0 saturated heterocycles. The Bertz CT molecular complexity index is 862. The summed E-state index contributed by atoms with van der Waals surface area (Å²) in [5.41, 5.74) is 0.761. The molecule has 1 heterocycles. The molecule has 170 valence electrons. The summed E-state index contributed by atoms with van der Waals surface area (Å²) in [6.07, 6.45) is 1.65. The second-order valence-corrected chi connectivity index (χ2v) is 7.84. The van der Waals surface area contributed by atoms with Crippen LogP contribution >= 0.6 is 0 Å². The molecule has 8 heteroatoms. The molecule has 0 amide bonds. The minimum absolute atomic E-state index is 0.0227. The summed E-state index contributed by atoms with van der Waals surface area (Å²) < 4.78 is 5.53. The van der Waals surface area contributed by atoms with E-state index in [4.69, 9.17) is 4.74 Å². The third-order valence-corrected chi connectivity index (χ3v) is 5.47. The maximum Gasteiger partial charge on any atom is 0.342 e. The maximum atomic E-state index is 12.8. The third-order valence-electron chi connectivity index (χ3n) is 5.47. The van der Waals surface area contributed by atoms with Crippen LogP contribution in [0.2, 0.25) is 0 Å². The van der Waals surface area contributed by atoms with Crippen LogP contribution < -0.4 is 5.32 Å². The molecule has 8 nitrogen and oxygen atoms in total. The number of rotatable bonds is 3. The van der Waals surface area contributed by atoms with Gasteiger partial charge < -0.3 is 30.5 Å². The average molecular weight is 434 g/mol. The van der Waals surface area contributed by atoms with E-state index in [1.165, 1.54) is 24.3 Å². The summed E-state index contributed by atoms with van der Waals surface area (Å²) in [7, 11) is 0. The van der Waals surface area contributed by atoms with Gasteiger partial charge >= 0.3 is 5.97 Å². The van der Waals surface area contributed by atoms with Gasteiger partial charge in [-0.3, -0.25) is 4.79 Å². The number of allylic oxidation sites excluding steroid dienone is 1. The lowest BCUT2D eigenvalue weighted by Gasteiger charge is -2.23. The van der Waals surface area contributed by atoms with Crippen molar-refractivity contribution in [2.45, 2.75) is 58.3 Å². The van der Waals surface area contributed by atoms with Gasteiger partial charge in [-0.15, -0.1) is 0 Å². The molecule has 0 aliphatic carbocycles. The number of carbonyl (C=O) groups is 2. The lowest BCUT2D eigenvalue weighted by atomic mass is 9.94. The van der Waals surface area contributed by atoms with Crippen molar-refractivity contribution in [1.29, 1.82) is 0 Å². The molecule has 31 heavy (non-hydrogen) atoms. The van der Waals surface area contributed by atoms with Crippen molar-refractivity contribution in [1.82, 2.24) is 0 Å². The smallest absolute Gasteiger partial charge is 0.342 e. The van der Waals surface area contributed by atoms with Crippen molar-refractivity contribution in [3.05, 3.63) is 41.2 Å². The van der Waals surface area contributed by atoms with Crippen LogP contribution in [0, 0.1) is 5.92 Å². The first kappa shape index (κ1) is 24.4. The summed E-state index contributed by atoms with van der Waals surface area (Å²) in [4.78, 5) is 25.0. The second-order valence-electron chi connectivity index (χ2n) is 7.84. The fraction of sp³-hybridized carbons (Fsp3) is 0.478. The number of phenols is 1. The van der Waals surface area contributed by atoms with Gasteiger partial charge in [0.2, 0.25) is 0 Å². The molecule has 0 bridgehead atoms. The van der Waals surface area contributed by atoms with E-state index in [-0.39, 0.29) is 42.4 Å². The van der Waals surface area contributed by atoms with E-state index in [2.05, 4.69) is 5.32 Å². The van der Waals surface area contributed by atoms with Crippen molar-refractivity contribution in [2.24, 2.45) is 5.92 Å². The zero-order valence-electron chi connectivity index (χ0n) is 18.0. The number of aliphatic hydroxyl groups is 3. The predicted molar refractivity (Wildman–Crippen MR) is 117 cm³/mol. The zero-order chi connectivity index (χ0) is 23.1. The normalized spacial score (nSPS) is 27.1. The number of esters is 1. The molecule has 0 saturated carbocycles. The molecular weight excluding hydrogens is 402 g/mol. The summed E-state index contributed by atoms with van der Waals surface area (Å²) >= 11 is 0. The van der Waals surface area contributed by atoms with Gasteiger partial charge in [-0.2, -0.15) is 0 Å². The molecule has 4 atom stereocenters. The van der Waals surface area contributed by atoms with E-state index in [1.807, 2.05) is 6.92 Å². The molecule has 0 radical (unpaired) electrons. The number of phenolic OH excluding ortho intramolecular Hbond substituents is 1. The van der Waals surface area contributed by atoms with E-state index in [9.17, 15) is 30.0 Å². The Morgan fingerprint density at radius 3 is 2.65 bits per heavy atom. The molecular formula is C23H31NO7. The van der Waals surface area contributed by atoms with E-state index >= 15 is 0 Å². The summed E-state index contributed by atoms with van der Waals surface area (Å²) in [5.74, 6) is -1.53. The van der Waals surface area contributed by atoms with Crippen molar-refractivity contribution < 1.29 is 34.8 Å². The predicted octanol–water partition coefficient (Wildman–Crippen LogP) is 2.94. The largest absolute Gasteiger partial charge is 0.511 e. The summed E-state index contributed by atoms with van der Waals surface area (Å²) in [5, 5.41) is 43.3. The fourth-order valence-electron chi connectivity index (χ4n) is 3.17. The number of ketones is 1. The molecule has 5 N–H and O–H groups in total.